The average molecular weight is 348 g/mol. The normalized spacial score (nSPS) is 13.2. The molecule has 2 rings (SSSR count). The number of carbonyl (C=O) groups is 1. The second kappa shape index (κ2) is 7.77. The van der Waals surface area contributed by atoms with E-state index in [0.29, 0.717) is 13.0 Å². The third kappa shape index (κ3) is 5.04. The Kier molecular flexibility index (Phi) is 5.96. The number of sulfone groups is 1. The minimum absolute atomic E-state index is 0.121. The van der Waals surface area contributed by atoms with Crippen LogP contribution in [0.5, 0.6) is 0 Å². The number of carbonyl (C=O) groups excluding carboxylic acids is 1. The van der Waals surface area contributed by atoms with Crippen LogP contribution in [0.25, 0.3) is 10.8 Å². The third-order valence-corrected chi connectivity index (χ3v) is 5.25. The maximum Gasteiger partial charge on any atom is 0.252 e. The number of hydrogen-bond donors (Lipinski definition) is 2. The Morgan fingerprint density at radius 1 is 1.08 bits per heavy atom. The molecule has 0 fully saturated rings. The van der Waals surface area contributed by atoms with E-state index in [-0.39, 0.29) is 5.92 Å². The Morgan fingerprint density at radius 3 is 2.38 bits per heavy atom. The number of rotatable bonds is 7. The summed E-state index contributed by atoms with van der Waals surface area (Å²) in [6, 6.07) is 14.1. The lowest BCUT2D eigenvalue weighted by atomic mass is 10.1. The van der Waals surface area contributed by atoms with E-state index in [9.17, 15) is 13.2 Å². The van der Waals surface area contributed by atoms with Crippen LogP contribution in [0.2, 0.25) is 0 Å². The van der Waals surface area contributed by atoms with E-state index in [1.54, 1.807) is 0 Å². The molecule has 130 valence electrons. The van der Waals surface area contributed by atoms with Gasteiger partial charge in [0.25, 0.3) is 5.91 Å². The van der Waals surface area contributed by atoms with Crippen molar-refractivity contribution in [3.05, 3.63) is 48.0 Å². The highest BCUT2D eigenvalue weighted by atomic mass is 32.2. The van der Waals surface area contributed by atoms with Gasteiger partial charge in [0, 0.05) is 12.8 Å². The second-order valence-electron chi connectivity index (χ2n) is 6.47. The van der Waals surface area contributed by atoms with Gasteiger partial charge in [0.2, 0.25) is 0 Å². The first kappa shape index (κ1) is 18.4. The van der Waals surface area contributed by atoms with Crippen LogP contribution in [-0.2, 0) is 21.2 Å². The number of hydrazine groups is 1. The maximum atomic E-state index is 12.2. The van der Waals surface area contributed by atoms with E-state index in [0.717, 1.165) is 22.6 Å². The predicted molar refractivity (Wildman–Crippen MR) is 97.0 cm³/mol. The molecule has 2 aromatic carbocycles. The van der Waals surface area contributed by atoms with Crippen molar-refractivity contribution in [2.45, 2.75) is 32.1 Å². The third-order valence-electron chi connectivity index (χ3n) is 3.81. The Labute approximate surface area is 143 Å². The fraction of sp³-hybridized carbons (Fsp3) is 0.389. The molecule has 6 heteroatoms. The van der Waals surface area contributed by atoms with E-state index in [1.165, 1.54) is 0 Å². The highest BCUT2D eigenvalue weighted by Crippen LogP contribution is 2.15. The zero-order chi connectivity index (χ0) is 17.7. The molecule has 0 saturated heterocycles. The molecule has 0 bridgehead atoms. The van der Waals surface area contributed by atoms with Crippen molar-refractivity contribution in [3.8, 4) is 0 Å². The highest BCUT2D eigenvalue weighted by Gasteiger charge is 2.29. The smallest absolute Gasteiger partial charge is 0.252 e. The van der Waals surface area contributed by atoms with Gasteiger partial charge in [0.1, 0.15) is 5.25 Å². The van der Waals surface area contributed by atoms with E-state index in [2.05, 4.69) is 10.9 Å². The van der Waals surface area contributed by atoms with Gasteiger partial charge in [-0.25, -0.2) is 13.8 Å². The standard InChI is InChI=1S/C18H24N2O3S/c1-13(2)10-17(24(3,22)23)18(21)20-19-12-14-8-9-15-6-4-5-7-16(15)11-14/h4-9,11,13,17,19H,10,12H2,1-3H3,(H,20,21). The monoisotopic (exact) mass is 348 g/mol. The Hall–Kier alpha value is -1.92. The molecule has 0 saturated carbocycles. The summed E-state index contributed by atoms with van der Waals surface area (Å²) in [6.45, 7) is 4.22. The Bertz CT molecular complexity index is 816. The SMILES string of the molecule is CC(C)CC(C(=O)NNCc1ccc2ccccc2c1)S(C)(=O)=O. The van der Waals surface area contributed by atoms with E-state index in [4.69, 9.17) is 0 Å². The molecular formula is C18H24N2O3S. The molecule has 2 aromatic rings. The lowest BCUT2D eigenvalue weighted by molar-refractivity contribution is -0.122. The lowest BCUT2D eigenvalue weighted by Gasteiger charge is -2.17. The molecule has 1 atom stereocenters. The minimum atomic E-state index is -3.44. The van der Waals surface area contributed by atoms with Crippen LogP contribution >= 0.6 is 0 Å². The molecule has 0 aliphatic heterocycles. The van der Waals surface area contributed by atoms with Crippen LogP contribution in [0.4, 0.5) is 0 Å². The summed E-state index contributed by atoms with van der Waals surface area (Å²) >= 11 is 0. The molecule has 1 unspecified atom stereocenters. The summed E-state index contributed by atoms with van der Waals surface area (Å²) in [4.78, 5) is 12.2. The Morgan fingerprint density at radius 2 is 1.75 bits per heavy atom. The quantitative estimate of drug-likeness (QED) is 0.754. The fourth-order valence-electron chi connectivity index (χ4n) is 2.57. The summed E-state index contributed by atoms with van der Waals surface area (Å²) in [5, 5.41) is 1.25. The van der Waals surface area contributed by atoms with Gasteiger partial charge in [-0.2, -0.15) is 0 Å². The van der Waals surface area contributed by atoms with E-state index < -0.39 is 21.0 Å². The van der Waals surface area contributed by atoms with Crippen molar-refractivity contribution in [1.29, 1.82) is 0 Å². The molecule has 1 amide bonds. The summed E-state index contributed by atoms with van der Waals surface area (Å²) in [6.07, 6.45) is 1.41. The van der Waals surface area contributed by atoms with Gasteiger partial charge in [-0.05, 0) is 34.7 Å². The van der Waals surface area contributed by atoms with E-state index in [1.807, 2.05) is 56.3 Å². The van der Waals surface area contributed by atoms with Crippen molar-refractivity contribution in [2.24, 2.45) is 5.92 Å². The van der Waals surface area contributed by atoms with Gasteiger partial charge in [-0.15, -0.1) is 0 Å². The molecule has 5 nitrogen and oxygen atoms in total. The minimum Gasteiger partial charge on any atom is -0.290 e. The second-order valence-corrected chi connectivity index (χ2v) is 8.70. The highest BCUT2D eigenvalue weighted by molar-refractivity contribution is 7.92. The van der Waals surface area contributed by atoms with Gasteiger partial charge in [0.15, 0.2) is 9.84 Å². The molecule has 0 aliphatic rings. The summed E-state index contributed by atoms with van der Waals surface area (Å²) in [7, 11) is -3.44. The van der Waals surface area contributed by atoms with Gasteiger partial charge in [-0.3, -0.25) is 10.2 Å². The van der Waals surface area contributed by atoms with Gasteiger partial charge in [0.05, 0.1) is 0 Å². The first-order valence-electron chi connectivity index (χ1n) is 7.96. The molecule has 2 N–H and O–H groups in total. The van der Waals surface area contributed by atoms with Crippen LogP contribution in [-0.4, -0.2) is 25.8 Å². The zero-order valence-corrected chi connectivity index (χ0v) is 15.1. The van der Waals surface area contributed by atoms with Crippen molar-refractivity contribution in [3.63, 3.8) is 0 Å². The molecule has 0 aliphatic carbocycles. The molecule has 0 heterocycles. The van der Waals surface area contributed by atoms with Crippen LogP contribution in [0, 0.1) is 5.92 Å². The van der Waals surface area contributed by atoms with Crippen molar-refractivity contribution < 1.29 is 13.2 Å². The van der Waals surface area contributed by atoms with Crippen LogP contribution < -0.4 is 10.9 Å². The number of hydrogen-bond acceptors (Lipinski definition) is 4. The molecule has 0 radical (unpaired) electrons. The van der Waals surface area contributed by atoms with Crippen LogP contribution in [0.3, 0.4) is 0 Å². The zero-order valence-electron chi connectivity index (χ0n) is 14.2. The summed E-state index contributed by atoms with van der Waals surface area (Å²) < 4.78 is 23.6. The van der Waals surface area contributed by atoms with Crippen LogP contribution in [0.15, 0.2) is 42.5 Å². The number of nitrogens with one attached hydrogen (secondary N) is 2. The molecule has 0 aromatic heterocycles. The first-order chi connectivity index (χ1) is 11.3. The number of fused-ring (bicyclic) bond motifs is 1. The maximum absolute atomic E-state index is 12.2. The Balaban J connectivity index is 1.97. The molecular weight excluding hydrogens is 324 g/mol. The van der Waals surface area contributed by atoms with Gasteiger partial charge >= 0.3 is 0 Å². The van der Waals surface area contributed by atoms with Crippen LogP contribution in [0.1, 0.15) is 25.8 Å². The first-order valence-corrected chi connectivity index (χ1v) is 9.92. The largest absolute Gasteiger partial charge is 0.290 e. The fourth-order valence-corrected chi connectivity index (χ4v) is 3.75. The number of amides is 1. The van der Waals surface area contributed by atoms with Gasteiger partial charge < -0.3 is 0 Å². The predicted octanol–water partition coefficient (Wildman–Crippen LogP) is 2.42. The average Bonchev–Trinajstić information content (AvgIpc) is 2.51. The topological polar surface area (TPSA) is 75.3 Å². The molecule has 24 heavy (non-hydrogen) atoms. The van der Waals surface area contributed by atoms with Crippen molar-refractivity contribution in [2.75, 3.05) is 6.26 Å². The van der Waals surface area contributed by atoms with Crippen molar-refractivity contribution in [1.82, 2.24) is 10.9 Å². The number of benzene rings is 2. The van der Waals surface area contributed by atoms with Crippen molar-refractivity contribution >= 4 is 26.5 Å². The molecule has 0 spiro atoms. The van der Waals surface area contributed by atoms with E-state index >= 15 is 0 Å². The summed E-state index contributed by atoms with van der Waals surface area (Å²) in [5.74, 6) is -0.386. The lowest BCUT2D eigenvalue weighted by Crippen LogP contribution is -2.46. The summed E-state index contributed by atoms with van der Waals surface area (Å²) in [5.41, 5.74) is 6.36. The van der Waals surface area contributed by atoms with Gasteiger partial charge in [-0.1, -0.05) is 50.2 Å².